The molecule has 8 heteroatoms. The van der Waals surface area contributed by atoms with Crippen molar-refractivity contribution in [3.05, 3.63) is 84.2 Å². The van der Waals surface area contributed by atoms with E-state index >= 15 is 0 Å². The molecule has 0 saturated carbocycles. The molecule has 2 fully saturated rings. The zero-order chi connectivity index (χ0) is 23.2. The standard InChI is InChI=1S/C25H31N5O2S/c1-20(26-15-21-9-5-3-6-10-21)30-23-16-28(13-14-33-19-22-11-7-4-8-12-22)24(31)18-29(23)25(32)17-27(30)2/h3-12,23,26H,1,13-19H2,2H3. The van der Waals surface area contributed by atoms with Crippen molar-refractivity contribution in [3.8, 4) is 0 Å². The second-order valence-electron chi connectivity index (χ2n) is 8.33. The molecule has 7 nitrogen and oxygen atoms in total. The topological polar surface area (TPSA) is 59.1 Å². The molecule has 0 spiro atoms. The molecular weight excluding hydrogens is 434 g/mol. The van der Waals surface area contributed by atoms with Crippen LogP contribution in [0.3, 0.4) is 0 Å². The van der Waals surface area contributed by atoms with E-state index in [9.17, 15) is 9.59 Å². The minimum Gasteiger partial charge on any atom is -0.367 e. The van der Waals surface area contributed by atoms with Crippen LogP contribution in [0, 0.1) is 0 Å². The number of thioether (sulfide) groups is 1. The van der Waals surface area contributed by atoms with Crippen LogP contribution >= 0.6 is 11.8 Å². The van der Waals surface area contributed by atoms with E-state index in [1.54, 1.807) is 4.90 Å². The van der Waals surface area contributed by atoms with Gasteiger partial charge in [-0.3, -0.25) is 14.6 Å². The number of piperazine rings is 1. The SMILES string of the molecule is C=C(NCc1ccccc1)N1C2CN(CCSCc3ccccc3)C(=O)CN2C(=O)CN1C. The van der Waals surface area contributed by atoms with Gasteiger partial charge in [0, 0.05) is 31.6 Å². The van der Waals surface area contributed by atoms with Crippen molar-refractivity contribution in [2.45, 2.75) is 18.5 Å². The number of nitrogens with zero attached hydrogens (tertiary/aromatic N) is 4. The van der Waals surface area contributed by atoms with Gasteiger partial charge in [0.2, 0.25) is 11.8 Å². The van der Waals surface area contributed by atoms with Gasteiger partial charge in [0.1, 0.15) is 18.5 Å². The Labute approximate surface area is 200 Å². The summed E-state index contributed by atoms with van der Waals surface area (Å²) < 4.78 is 0. The van der Waals surface area contributed by atoms with Crippen molar-refractivity contribution in [2.24, 2.45) is 0 Å². The van der Waals surface area contributed by atoms with E-state index in [0.717, 1.165) is 22.9 Å². The van der Waals surface area contributed by atoms with Crippen molar-refractivity contribution in [2.75, 3.05) is 39.0 Å². The minimum atomic E-state index is -0.260. The Morgan fingerprint density at radius 2 is 1.67 bits per heavy atom. The predicted octanol–water partition coefficient (Wildman–Crippen LogP) is 2.34. The van der Waals surface area contributed by atoms with Gasteiger partial charge in [-0.2, -0.15) is 11.8 Å². The first-order valence-corrected chi connectivity index (χ1v) is 12.3. The molecule has 0 aliphatic carbocycles. The fraction of sp³-hybridized carbons (Fsp3) is 0.360. The first-order valence-electron chi connectivity index (χ1n) is 11.2. The third-order valence-electron chi connectivity index (χ3n) is 5.97. The van der Waals surface area contributed by atoms with Crippen LogP contribution < -0.4 is 5.32 Å². The maximum absolute atomic E-state index is 12.8. The van der Waals surface area contributed by atoms with Crippen molar-refractivity contribution in [1.29, 1.82) is 0 Å². The van der Waals surface area contributed by atoms with Gasteiger partial charge in [0.25, 0.3) is 0 Å². The first kappa shape index (κ1) is 23.2. The predicted molar refractivity (Wildman–Crippen MR) is 132 cm³/mol. The number of fused-ring (bicyclic) bond motifs is 1. The number of nitrogens with one attached hydrogen (secondary N) is 1. The van der Waals surface area contributed by atoms with E-state index in [1.165, 1.54) is 5.56 Å². The molecule has 1 N–H and O–H groups in total. The number of rotatable bonds is 9. The largest absolute Gasteiger partial charge is 0.367 e. The maximum Gasteiger partial charge on any atom is 0.242 e. The van der Waals surface area contributed by atoms with E-state index in [4.69, 9.17) is 0 Å². The smallest absolute Gasteiger partial charge is 0.242 e. The lowest BCUT2D eigenvalue weighted by Crippen LogP contribution is -2.71. The number of hydrogen-bond donors (Lipinski definition) is 1. The third kappa shape index (κ3) is 5.69. The molecule has 4 rings (SSSR count). The zero-order valence-electron chi connectivity index (χ0n) is 19.0. The van der Waals surface area contributed by atoms with E-state index in [-0.39, 0.29) is 31.1 Å². The quantitative estimate of drug-likeness (QED) is 0.574. The van der Waals surface area contributed by atoms with Gasteiger partial charge >= 0.3 is 0 Å². The Morgan fingerprint density at radius 1 is 1.00 bits per heavy atom. The number of likely N-dealkylation sites (N-methyl/N-ethyl adjacent to an activating group) is 1. The van der Waals surface area contributed by atoms with E-state index in [1.807, 2.05) is 70.1 Å². The number of amides is 2. The molecule has 2 aliphatic heterocycles. The highest BCUT2D eigenvalue weighted by atomic mass is 32.2. The molecule has 0 aromatic heterocycles. The van der Waals surface area contributed by atoms with Crippen LogP contribution in [0.2, 0.25) is 0 Å². The van der Waals surface area contributed by atoms with E-state index in [0.29, 0.717) is 19.6 Å². The molecule has 2 aromatic rings. The van der Waals surface area contributed by atoms with Crippen molar-refractivity contribution >= 4 is 23.6 Å². The highest BCUT2D eigenvalue weighted by molar-refractivity contribution is 7.98. The molecular formula is C25H31N5O2S. The van der Waals surface area contributed by atoms with Crippen LogP contribution in [0.25, 0.3) is 0 Å². The number of carbonyl (C=O) groups excluding carboxylic acids is 2. The van der Waals surface area contributed by atoms with Crippen molar-refractivity contribution < 1.29 is 9.59 Å². The second-order valence-corrected chi connectivity index (χ2v) is 9.43. The summed E-state index contributed by atoms with van der Waals surface area (Å²) in [6.45, 7) is 6.35. The number of benzene rings is 2. The van der Waals surface area contributed by atoms with Gasteiger partial charge in [-0.1, -0.05) is 67.2 Å². The summed E-state index contributed by atoms with van der Waals surface area (Å²) in [6.07, 6.45) is -0.260. The Bertz CT molecular complexity index is 971. The average molecular weight is 466 g/mol. The Balaban J connectivity index is 1.37. The monoisotopic (exact) mass is 465 g/mol. The molecule has 0 bridgehead atoms. The highest BCUT2D eigenvalue weighted by Gasteiger charge is 2.43. The van der Waals surface area contributed by atoms with Crippen molar-refractivity contribution in [3.63, 3.8) is 0 Å². The van der Waals surface area contributed by atoms with Crippen LogP contribution in [-0.2, 0) is 21.9 Å². The van der Waals surface area contributed by atoms with Crippen LogP contribution in [0.1, 0.15) is 11.1 Å². The van der Waals surface area contributed by atoms with Crippen LogP contribution in [0.15, 0.2) is 73.1 Å². The molecule has 1 unspecified atom stereocenters. The summed E-state index contributed by atoms with van der Waals surface area (Å²) in [5.74, 6) is 2.47. The van der Waals surface area contributed by atoms with Crippen LogP contribution in [0.4, 0.5) is 0 Å². The van der Waals surface area contributed by atoms with Gasteiger partial charge in [0.15, 0.2) is 0 Å². The summed E-state index contributed by atoms with van der Waals surface area (Å²) in [4.78, 5) is 29.0. The summed E-state index contributed by atoms with van der Waals surface area (Å²) >= 11 is 1.82. The normalized spacial score (nSPS) is 18.9. The molecule has 0 radical (unpaired) electrons. The number of carbonyl (C=O) groups is 2. The van der Waals surface area contributed by atoms with E-state index in [2.05, 4.69) is 36.2 Å². The molecule has 1 atom stereocenters. The highest BCUT2D eigenvalue weighted by Crippen LogP contribution is 2.24. The van der Waals surface area contributed by atoms with Gasteiger partial charge in [-0.15, -0.1) is 0 Å². The summed E-state index contributed by atoms with van der Waals surface area (Å²) in [5.41, 5.74) is 2.44. The maximum atomic E-state index is 12.8. The molecule has 174 valence electrons. The Morgan fingerprint density at radius 3 is 2.36 bits per heavy atom. The molecule has 2 saturated heterocycles. The van der Waals surface area contributed by atoms with Gasteiger partial charge < -0.3 is 15.1 Å². The Hall–Kier alpha value is -2.97. The van der Waals surface area contributed by atoms with Gasteiger partial charge in [-0.05, 0) is 11.1 Å². The Kier molecular flexibility index (Phi) is 7.57. The van der Waals surface area contributed by atoms with Gasteiger partial charge in [0.05, 0.1) is 13.1 Å². The molecule has 2 amide bonds. The minimum absolute atomic E-state index is 0.00673. The van der Waals surface area contributed by atoms with E-state index < -0.39 is 0 Å². The molecule has 33 heavy (non-hydrogen) atoms. The second kappa shape index (κ2) is 10.8. The lowest BCUT2D eigenvalue weighted by molar-refractivity contribution is -0.182. The van der Waals surface area contributed by atoms with Gasteiger partial charge in [-0.25, -0.2) is 5.01 Å². The lowest BCUT2D eigenvalue weighted by atomic mass is 10.2. The molecule has 2 aromatic carbocycles. The first-order chi connectivity index (χ1) is 16.0. The summed E-state index contributed by atoms with van der Waals surface area (Å²) in [7, 11) is 1.89. The fourth-order valence-corrected chi connectivity index (χ4v) is 5.15. The van der Waals surface area contributed by atoms with Crippen molar-refractivity contribution in [1.82, 2.24) is 25.1 Å². The zero-order valence-corrected chi connectivity index (χ0v) is 19.8. The number of hydrogen-bond acceptors (Lipinski definition) is 6. The average Bonchev–Trinajstić information content (AvgIpc) is 2.82. The molecule has 2 aliphatic rings. The number of hydrazine groups is 1. The fourth-order valence-electron chi connectivity index (χ4n) is 4.22. The summed E-state index contributed by atoms with van der Waals surface area (Å²) in [5, 5.41) is 7.29. The van der Waals surface area contributed by atoms with Crippen LogP contribution in [0.5, 0.6) is 0 Å². The third-order valence-corrected chi connectivity index (χ3v) is 6.98. The van der Waals surface area contributed by atoms with Crippen LogP contribution in [-0.4, -0.2) is 76.8 Å². The molecule has 2 heterocycles. The lowest BCUT2D eigenvalue weighted by Gasteiger charge is -2.53. The summed E-state index contributed by atoms with van der Waals surface area (Å²) in [6, 6.07) is 20.5.